The van der Waals surface area contributed by atoms with Crippen LogP contribution in [-0.2, 0) is 5.11 Å². The molecule has 0 spiro atoms. The molecule has 8 heavy (non-hydrogen) atoms. The third-order valence-corrected chi connectivity index (χ3v) is 1.32. The van der Waals surface area contributed by atoms with Crippen molar-refractivity contribution in [3.8, 4) is 0 Å². The molecule has 47 valence electrons. The molecule has 0 saturated heterocycles. The highest BCUT2D eigenvalue weighted by atomic mass is 16.3. The van der Waals surface area contributed by atoms with Gasteiger partial charge in [0.15, 0.2) is 0 Å². The van der Waals surface area contributed by atoms with Crippen LogP contribution in [0.5, 0.6) is 0 Å². The van der Waals surface area contributed by atoms with E-state index in [1.165, 1.54) is 0 Å². The fourth-order valence-corrected chi connectivity index (χ4v) is 0.450. The first kappa shape index (κ1) is 7.70. The average Bonchev–Trinajstić information content (AvgIpc) is 1.67. The fourth-order valence-electron chi connectivity index (χ4n) is 0.450. The first-order valence-electron chi connectivity index (χ1n) is 2.93. The van der Waals surface area contributed by atoms with E-state index >= 15 is 0 Å². The van der Waals surface area contributed by atoms with Crippen molar-refractivity contribution in [2.24, 2.45) is 0 Å². The van der Waals surface area contributed by atoms with E-state index in [0.717, 1.165) is 0 Å². The predicted octanol–water partition coefficient (Wildman–Crippen LogP) is 2.16. The number of rotatable bonds is 3. The van der Waals surface area contributed by atoms with Crippen LogP contribution in [0, 0.1) is 0 Å². The van der Waals surface area contributed by atoms with Crippen LogP contribution in [0.15, 0.2) is 12.7 Å². The summed E-state index contributed by atoms with van der Waals surface area (Å²) in [6, 6.07) is 0. The maximum Gasteiger partial charge on any atom is 0.104 e. The van der Waals surface area contributed by atoms with Crippen LogP contribution < -0.4 is 0 Å². The van der Waals surface area contributed by atoms with Gasteiger partial charge in [-0.15, -0.1) is 6.58 Å². The van der Waals surface area contributed by atoms with E-state index in [1.54, 1.807) is 13.0 Å². The smallest absolute Gasteiger partial charge is 0.104 e. The van der Waals surface area contributed by atoms with E-state index in [9.17, 15) is 5.11 Å². The highest BCUT2D eigenvalue weighted by molar-refractivity contribution is 4.80. The van der Waals surface area contributed by atoms with Crippen molar-refractivity contribution in [3.05, 3.63) is 12.7 Å². The topological polar surface area (TPSA) is 19.9 Å². The lowest BCUT2D eigenvalue weighted by molar-refractivity contribution is -0.0133. The van der Waals surface area contributed by atoms with E-state index in [4.69, 9.17) is 0 Å². The van der Waals surface area contributed by atoms with Gasteiger partial charge in [0.25, 0.3) is 0 Å². The summed E-state index contributed by atoms with van der Waals surface area (Å²) in [5, 5.41) is 11.0. The maximum absolute atomic E-state index is 11.0. The molecule has 0 heterocycles. The number of hydrogen-bond donors (Lipinski definition) is 0. The van der Waals surface area contributed by atoms with Gasteiger partial charge in [0.2, 0.25) is 0 Å². The zero-order valence-corrected chi connectivity index (χ0v) is 5.61. The van der Waals surface area contributed by atoms with Gasteiger partial charge in [-0.25, -0.2) is 5.11 Å². The van der Waals surface area contributed by atoms with Gasteiger partial charge < -0.3 is 0 Å². The van der Waals surface area contributed by atoms with Gasteiger partial charge >= 0.3 is 0 Å². The van der Waals surface area contributed by atoms with Crippen LogP contribution in [-0.4, -0.2) is 5.60 Å². The summed E-state index contributed by atoms with van der Waals surface area (Å²) in [4.78, 5) is 0. The molecule has 1 heteroatoms. The van der Waals surface area contributed by atoms with Crippen LogP contribution in [0.1, 0.15) is 26.7 Å². The monoisotopic (exact) mass is 113 g/mol. The second-order valence-corrected chi connectivity index (χ2v) is 2.30. The molecule has 0 aromatic rings. The Labute approximate surface area is 51.0 Å². The minimum atomic E-state index is -0.776. The summed E-state index contributed by atoms with van der Waals surface area (Å²) in [5.41, 5.74) is -0.776. The van der Waals surface area contributed by atoms with Gasteiger partial charge in [0, 0.05) is 0 Å². The molecule has 0 amide bonds. The third-order valence-electron chi connectivity index (χ3n) is 1.32. The molecular formula is C7H13O. The molecule has 0 fully saturated rings. The van der Waals surface area contributed by atoms with Crippen molar-refractivity contribution >= 4 is 0 Å². The molecule has 1 unspecified atom stereocenters. The largest absolute Gasteiger partial charge is 0.229 e. The predicted molar refractivity (Wildman–Crippen MR) is 34.2 cm³/mol. The molecule has 1 radical (unpaired) electrons. The lowest BCUT2D eigenvalue weighted by Crippen LogP contribution is -2.18. The zero-order valence-electron chi connectivity index (χ0n) is 5.61. The molecule has 0 aromatic carbocycles. The molecule has 1 atom stereocenters. The Balaban J connectivity index is 3.53. The van der Waals surface area contributed by atoms with Gasteiger partial charge in [-0.3, -0.25) is 0 Å². The van der Waals surface area contributed by atoms with E-state index < -0.39 is 5.60 Å². The second-order valence-electron chi connectivity index (χ2n) is 2.30. The highest BCUT2D eigenvalue weighted by Crippen LogP contribution is 2.13. The summed E-state index contributed by atoms with van der Waals surface area (Å²) in [7, 11) is 0. The van der Waals surface area contributed by atoms with Crippen LogP contribution in [0.2, 0.25) is 0 Å². The van der Waals surface area contributed by atoms with E-state index in [1.807, 2.05) is 6.92 Å². The average molecular weight is 113 g/mol. The van der Waals surface area contributed by atoms with Gasteiger partial charge in [-0.2, -0.15) is 0 Å². The maximum atomic E-state index is 11.0. The first-order chi connectivity index (χ1) is 3.62. The summed E-state index contributed by atoms with van der Waals surface area (Å²) < 4.78 is 0. The Bertz CT molecular complexity index is 74.5. The van der Waals surface area contributed by atoms with Gasteiger partial charge in [-0.05, 0) is 19.8 Å². The second kappa shape index (κ2) is 2.88. The SMILES string of the molecule is C=CCC(C)([O])CC. The Morgan fingerprint density at radius 3 is 2.38 bits per heavy atom. The molecule has 0 aromatic heterocycles. The van der Waals surface area contributed by atoms with Crippen molar-refractivity contribution in [2.75, 3.05) is 0 Å². The molecule has 0 rings (SSSR count). The summed E-state index contributed by atoms with van der Waals surface area (Å²) in [6.45, 7) is 7.10. The van der Waals surface area contributed by atoms with Crippen molar-refractivity contribution in [2.45, 2.75) is 32.3 Å². The Kier molecular flexibility index (Phi) is 2.77. The Morgan fingerprint density at radius 2 is 2.25 bits per heavy atom. The first-order valence-corrected chi connectivity index (χ1v) is 2.93. The normalized spacial score (nSPS) is 17.4. The van der Waals surface area contributed by atoms with Gasteiger partial charge in [0.05, 0.1) is 0 Å². The third kappa shape index (κ3) is 2.80. The Hall–Kier alpha value is -0.300. The zero-order chi connectivity index (χ0) is 6.62. The molecule has 0 aliphatic carbocycles. The van der Waals surface area contributed by atoms with Crippen LogP contribution in [0.3, 0.4) is 0 Å². The summed E-state index contributed by atoms with van der Waals surface area (Å²) in [5.74, 6) is 0. The molecular weight excluding hydrogens is 100 g/mol. The van der Waals surface area contributed by atoms with Crippen LogP contribution in [0.25, 0.3) is 0 Å². The minimum absolute atomic E-state index is 0.573. The molecule has 0 saturated carbocycles. The van der Waals surface area contributed by atoms with Gasteiger partial charge in [0.1, 0.15) is 5.60 Å². The standard InChI is InChI=1S/C7H13O/c1-4-6-7(3,8)5-2/h4H,1,5-6H2,2-3H3. The van der Waals surface area contributed by atoms with Gasteiger partial charge in [-0.1, -0.05) is 13.0 Å². The van der Waals surface area contributed by atoms with Crippen LogP contribution in [0.4, 0.5) is 0 Å². The lowest BCUT2D eigenvalue weighted by Gasteiger charge is -2.14. The Morgan fingerprint density at radius 1 is 1.75 bits per heavy atom. The number of hydrogen-bond acceptors (Lipinski definition) is 0. The molecule has 1 nitrogen and oxygen atoms in total. The van der Waals surface area contributed by atoms with Crippen molar-refractivity contribution in [1.29, 1.82) is 0 Å². The highest BCUT2D eigenvalue weighted by Gasteiger charge is 2.16. The van der Waals surface area contributed by atoms with Crippen molar-refractivity contribution in [1.82, 2.24) is 0 Å². The molecule has 0 aliphatic rings. The lowest BCUT2D eigenvalue weighted by atomic mass is 10.00. The van der Waals surface area contributed by atoms with Crippen molar-refractivity contribution in [3.63, 3.8) is 0 Å². The molecule has 0 N–H and O–H groups in total. The van der Waals surface area contributed by atoms with E-state index in [0.29, 0.717) is 12.8 Å². The summed E-state index contributed by atoms with van der Waals surface area (Å²) in [6.07, 6.45) is 2.93. The minimum Gasteiger partial charge on any atom is -0.229 e. The fraction of sp³-hybridized carbons (Fsp3) is 0.714. The van der Waals surface area contributed by atoms with Crippen LogP contribution >= 0.6 is 0 Å². The van der Waals surface area contributed by atoms with E-state index in [2.05, 4.69) is 6.58 Å². The summed E-state index contributed by atoms with van der Waals surface area (Å²) >= 11 is 0. The van der Waals surface area contributed by atoms with Crippen molar-refractivity contribution < 1.29 is 5.11 Å². The molecule has 0 bridgehead atoms. The van der Waals surface area contributed by atoms with E-state index in [-0.39, 0.29) is 0 Å². The molecule has 0 aliphatic heterocycles. The quantitative estimate of drug-likeness (QED) is 0.500.